The van der Waals surface area contributed by atoms with E-state index in [1.165, 1.54) is 0 Å². The lowest BCUT2D eigenvalue weighted by Crippen LogP contribution is -2.39. The Kier molecular flexibility index (Phi) is 4.98. The summed E-state index contributed by atoms with van der Waals surface area (Å²) in [7, 11) is 3.15. The number of hydrazine groups is 1. The first-order valence-electron chi connectivity index (χ1n) is 7.80. The third kappa shape index (κ3) is 3.50. The van der Waals surface area contributed by atoms with Crippen LogP contribution < -0.4 is 25.6 Å². The number of carbonyl (C=O) groups excluding carboxylic acids is 1. The van der Waals surface area contributed by atoms with Gasteiger partial charge in [-0.25, -0.2) is 10.9 Å². The number of rotatable bonds is 5. The summed E-state index contributed by atoms with van der Waals surface area (Å²) >= 11 is 0. The van der Waals surface area contributed by atoms with Crippen molar-refractivity contribution in [2.75, 3.05) is 19.5 Å². The Labute approximate surface area is 141 Å². The van der Waals surface area contributed by atoms with E-state index in [0.717, 1.165) is 5.56 Å². The molecule has 0 saturated carbocycles. The molecule has 0 bridgehead atoms. The molecule has 0 radical (unpaired) electrons. The molecule has 1 fully saturated rings. The van der Waals surface area contributed by atoms with E-state index in [2.05, 4.69) is 16.2 Å². The van der Waals surface area contributed by atoms with E-state index in [9.17, 15) is 4.79 Å². The maximum Gasteiger partial charge on any atom is 0.243 e. The molecule has 0 aliphatic carbocycles. The second-order valence-electron chi connectivity index (χ2n) is 5.60. The van der Waals surface area contributed by atoms with E-state index < -0.39 is 0 Å². The Bertz CT molecular complexity index is 706. The van der Waals surface area contributed by atoms with Crippen molar-refractivity contribution in [1.29, 1.82) is 0 Å². The zero-order valence-corrected chi connectivity index (χ0v) is 13.7. The van der Waals surface area contributed by atoms with Crippen molar-refractivity contribution in [2.24, 2.45) is 0 Å². The lowest BCUT2D eigenvalue weighted by Gasteiger charge is -2.14. The molecule has 6 heteroatoms. The lowest BCUT2D eigenvalue weighted by molar-refractivity contribution is -0.117. The van der Waals surface area contributed by atoms with Gasteiger partial charge in [0.05, 0.1) is 19.9 Å². The fraction of sp³-hybridized carbons (Fsp3) is 0.278. The molecule has 0 aromatic heterocycles. The highest BCUT2D eigenvalue weighted by Crippen LogP contribution is 2.30. The smallest absolute Gasteiger partial charge is 0.243 e. The van der Waals surface area contributed by atoms with Gasteiger partial charge in [-0.3, -0.25) is 4.79 Å². The summed E-state index contributed by atoms with van der Waals surface area (Å²) in [6.07, 6.45) is 0.675. The van der Waals surface area contributed by atoms with Crippen molar-refractivity contribution in [1.82, 2.24) is 10.9 Å². The number of ether oxygens (including phenoxy) is 2. The molecule has 2 aromatic carbocycles. The zero-order chi connectivity index (χ0) is 16.9. The molecule has 1 heterocycles. The minimum atomic E-state index is -0.318. The number of benzene rings is 2. The van der Waals surface area contributed by atoms with Gasteiger partial charge in [-0.2, -0.15) is 0 Å². The molecule has 3 N–H and O–H groups in total. The van der Waals surface area contributed by atoms with Crippen LogP contribution in [-0.2, 0) is 4.79 Å². The first-order chi connectivity index (χ1) is 11.7. The van der Waals surface area contributed by atoms with Crippen LogP contribution in [0.15, 0.2) is 48.5 Å². The van der Waals surface area contributed by atoms with E-state index in [-0.39, 0.29) is 18.0 Å². The van der Waals surface area contributed by atoms with Crippen LogP contribution in [0.4, 0.5) is 5.69 Å². The number of anilines is 1. The third-order valence-electron chi connectivity index (χ3n) is 4.09. The molecular formula is C18H21N3O3. The fourth-order valence-electron chi connectivity index (χ4n) is 2.75. The summed E-state index contributed by atoms with van der Waals surface area (Å²) in [5, 5.41) is 2.90. The minimum absolute atomic E-state index is 0.107. The largest absolute Gasteiger partial charge is 0.497 e. The van der Waals surface area contributed by atoms with Crippen LogP contribution in [0.1, 0.15) is 18.0 Å². The Morgan fingerprint density at radius 3 is 2.58 bits per heavy atom. The zero-order valence-electron chi connectivity index (χ0n) is 13.7. The number of amides is 1. The number of carbonyl (C=O) groups is 1. The second-order valence-corrected chi connectivity index (χ2v) is 5.60. The van der Waals surface area contributed by atoms with Crippen LogP contribution in [-0.4, -0.2) is 26.2 Å². The monoisotopic (exact) mass is 327 g/mol. The van der Waals surface area contributed by atoms with E-state index in [1.54, 1.807) is 32.4 Å². The molecule has 2 unspecified atom stereocenters. The summed E-state index contributed by atoms with van der Waals surface area (Å²) < 4.78 is 10.5. The van der Waals surface area contributed by atoms with Crippen LogP contribution in [0.5, 0.6) is 11.5 Å². The maximum absolute atomic E-state index is 12.5. The van der Waals surface area contributed by atoms with Gasteiger partial charge in [-0.15, -0.1) is 0 Å². The Morgan fingerprint density at radius 1 is 1.08 bits per heavy atom. The predicted molar refractivity (Wildman–Crippen MR) is 92.0 cm³/mol. The van der Waals surface area contributed by atoms with Gasteiger partial charge in [0.1, 0.15) is 17.5 Å². The Balaban J connectivity index is 1.66. The minimum Gasteiger partial charge on any atom is -0.497 e. The van der Waals surface area contributed by atoms with Crippen LogP contribution in [0.2, 0.25) is 0 Å². The molecule has 1 amide bonds. The molecule has 6 nitrogen and oxygen atoms in total. The standard InChI is InChI=1S/C18H21N3O3/c1-23-13-8-9-14(17(10-13)24-2)19-18(22)16-11-15(20-21-16)12-6-4-3-5-7-12/h3-10,15-16,20-21H,11H2,1-2H3,(H,19,22). The summed E-state index contributed by atoms with van der Waals surface area (Å²) in [4.78, 5) is 12.5. The average Bonchev–Trinajstić information content (AvgIpc) is 3.13. The average molecular weight is 327 g/mol. The van der Waals surface area contributed by atoms with Crippen molar-refractivity contribution in [2.45, 2.75) is 18.5 Å². The highest BCUT2D eigenvalue weighted by molar-refractivity contribution is 5.96. The maximum atomic E-state index is 12.5. The van der Waals surface area contributed by atoms with Crippen LogP contribution in [0.25, 0.3) is 0 Å². The van der Waals surface area contributed by atoms with E-state index in [4.69, 9.17) is 9.47 Å². The van der Waals surface area contributed by atoms with Gasteiger partial charge in [-0.1, -0.05) is 30.3 Å². The van der Waals surface area contributed by atoms with E-state index in [1.807, 2.05) is 30.3 Å². The lowest BCUT2D eigenvalue weighted by atomic mass is 10.0. The van der Waals surface area contributed by atoms with Crippen LogP contribution >= 0.6 is 0 Å². The molecule has 1 aliphatic rings. The van der Waals surface area contributed by atoms with Crippen molar-refractivity contribution in [3.8, 4) is 11.5 Å². The van der Waals surface area contributed by atoms with Crippen LogP contribution in [0, 0.1) is 0 Å². The number of nitrogens with one attached hydrogen (secondary N) is 3. The van der Waals surface area contributed by atoms with E-state index in [0.29, 0.717) is 23.6 Å². The van der Waals surface area contributed by atoms with Gasteiger partial charge in [-0.05, 0) is 24.1 Å². The fourth-order valence-corrected chi connectivity index (χ4v) is 2.75. The SMILES string of the molecule is COc1ccc(NC(=O)C2CC(c3ccccc3)NN2)c(OC)c1. The normalized spacial score (nSPS) is 19.8. The van der Waals surface area contributed by atoms with Gasteiger partial charge in [0.25, 0.3) is 0 Å². The van der Waals surface area contributed by atoms with Gasteiger partial charge < -0.3 is 14.8 Å². The summed E-state index contributed by atoms with van der Waals surface area (Å²) in [6.45, 7) is 0. The van der Waals surface area contributed by atoms with Crippen molar-refractivity contribution >= 4 is 11.6 Å². The number of hydrogen-bond acceptors (Lipinski definition) is 5. The Hall–Kier alpha value is -2.57. The van der Waals surface area contributed by atoms with Gasteiger partial charge in [0, 0.05) is 12.1 Å². The van der Waals surface area contributed by atoms with Crippen molar-refractivity contribution in [3.05, 3.63) is 54.1 Å². The van der Waals surface area contributed by atoms with Gasteiger partial charge in [0.15, 0.2) is 0 Å². The van der Waals surface area contributed by atoms with Gasteiger partial charge in [0.2, 0.25) is 5.91 Å². The Morgan fingerprint density at radius 2 is 1.88 bits per heavy atom. The molecule has 2 atom stereocenters. The molecule has 1 aliphatic heterocycles. The first-order valence-corrected chi connectivity index (χ1v) is 7.80. The summed E-state index contributed by atoms with van der Waals surface area (Å²) in [5.74, 6) is 1.13. The molecule has 126 valence electrons. The predicted octanol–water partition coefficient (Wildman–Crippen LogP) is 2.25. The molecule has 3 rings (SSSR count). The molecule has 2 aromatic rings. The highest BCUT2D eigenvalue weighted by atomic mass is 16.5. The van der Waals surface area contributed by atoms with Crippen LogP contribution in [0.3, 0.4) is 0 Å². The van der Waals surface area contributed by atoms with Crippen molar-refractivity contribution in [3.63, 3.8) is 0 Å². The van der Waals surface area contributed by atoms with E-state index >= 15 is 0 Å². The highest BCUT2D eigenvalue weighted by Gasteiger charge is 2.30. The molecule has 0 spiro atoms. The quantitative estimate of drug-likeness (QED) is 0.786. The third-order valence-corrected chi connectivity index (χ3v) is 4.09. The summed E-state index contributed by atoms with van der Waals surface area (Å²) in [5.41, 5.74) is 8.01. The number of hydrogen-bond donors (Lipinski definition) is 3. The van der Waals surface area contributed by atoms with Gasteiger partial charge >= 0.3 is 0 Å². The topological polar surface area (TPSA) is 71.6 Å². The molecule has 1 saturated heterocycles. The molecular weight excluding hydrogens is 306 g/mol. The summed E-state index contributed by atoms with van der Waals surface area (Å²) in [6, 6.07) is 15.1. The van der Waals surface area contributed by atoms with Crippen molar-refractivity contribution < 1.29 is 14.3 Å². The molecule has 24 heavy (non-hydrogen) atoms. The number of methoxy groups -OCH3 is 2. The second kappa shape index (κ2) is 7.33. The first kappa shape index (κ1) is 16.3.